The van der Waals surface area contributed by atoms with Gasteiger partial charge in [-0.15, -0.1) is 6.42 Å². The number of nitrogen functional groups attached to an aromatic ring is 1. The van der Waals surface area contributed by atoms with Gasteiger partial charge in [-0.2, -0.15) is 0 Å². The molecule has 20 rings (SSSR count). The monoisotopic (exact) mass is 2230 g/mol. The summed E-state index contributed by atoms with van der Waals surface area (Å²) < 4.78 is 0.988. The van der Waals surface area contributed by atoms with Gasteiger partial charge in [0.2, 0.25) is 0 Å². The number of aryl methyl sites for hydroxylation is 3. The molecule has 0 amide bonds. The van der Waals surface area contributed by atoms with E-state index < -0.39 is 43.6 Å². The van der Waals surface area contributed by atoms with Crippen LogP contribution >= 0.6 is 54.3 Å². The third-order valence-corrected chi connectivity index (χ3v) is 32.8. The minimum absolute atomic E-state index is 0. The number of terminal acetylenes is 1. The van der Waals surface area contributed by atoms with E-state index in [0.717, 1.165) is 59.3 Å². The molecular weight excluding hydrogens is 2100 g/mol. The standard InChI is InChI=1S/C23H18O.4C18H15P.C16H12O2.C8H7IO2.C8H6.C6H7N.2C2H6.Pd.3H2/c1-18-12-14-22(23(24)16-20-10-6-3-7-11-20)17-21(18)15-13-19-8-4-2-5-9-19;4*1-4-10-16(11-5-1)19(17-12-6-2-7-13-17)18-14-8-3-9-15-18;1-12-7-9-15(16(17)18)11-14(12)10-8-13-5-3-2-4-6-13;1-5-2-3-6(8(10)11)4-7(5)9;1-2-8-6-4-3-5-7-8;7-6-4-2-1-3-5-6;2*1-2;;;;/h2-12,14,17H,16H2,1H3;4*1-15H;2-7,9,11H,1H3,(H,17,18);2-4H,1H3,(H,10,11);1,3-7H;1-5H,7H2;2*1-2H3;;3*1H/i;;;;;;;;;;;;3*1+2. The zero-order valence-corrected chi connectivity index (χ0v) is 92.0. The number of Topliss-reactive ketones (excluding diaryl/α,β-unsaturated/α-hetero) is 1. The first-order valence-corrected chi connectivity index (χ1v) is 55.4. The van der Waals surface area contributed by atoms with Gasteiger partial charge in [-0.1, -0.05) is 549 Å². The minimum Gasteiger partial charge on any atom is -0.478 e. The summed E-state index contributed by atoms with van der Waals surface area (Å²) >= 11 is 2.12. The molecule has 0 aliphatic heterocycles. The molecule has 0 aliphatic rings. The van der Waals surface area contributed by atoms with Gasteiger partial charge >= 0.3 is 11.9 Å². The Morgan fingerprint density at radius 1 is 0.255 bits per heavy atom. The Hall–Kier alpha value is -15.4. The third kappa shape index (κ3) is 40.7. The number of benzene rings is 20. The molecule has 748 valence electrons. The largest absolute Gasteiger partial charge is 0.478 e. The van der Waals surface area contributed by atoms with Crippen molar-refractivity contribution in [1.29, 1.82) is 0 Å². The fraction of sp³-hybridized carbons (Fsp3) is 0.0584. The van der Waals surface area contributed by atoms with Crippen LogP contribution in [0, 0.1) is 60.4 Å². The molecular formula is C137H128INO5P4Pd. The number of rotatable bonds is 17. The molecule has 20 aromatic rings. The zero-order valence-electron chi connectivity index (χ0n) is 84.7. The summed E-state index contributed by atoms with van der Waals surface area (Å²) in [5.41, 5.74) is 16.2. The van der Waals surface area contributed by atoms with Gasteiger partial charge in [0.25, 0.3) is 0 Å². The molecule has 0 aromatic heterocycles. The summed E-state index contributed by atoms with van der Waals surface area (Å²) in [6.07, 6.45) is 5.51. The molecule has 0 spiro atoms. The van der Waals surface area contributed by atoms with Crippen LogP contribution in [-0.4, -0.2) is 27.9 Å². The molecule has 4 N–H and O–H groups in total. The van der Waals surface area contributed by atoms with E-state index >= 15 is 0 Å². The second-order valence-electron chi connectivity index (χ2n) is 32.2. The van der Waals surface area contributed by atoms with E-state index in [1.165, 1.54) is 63.7 Å². The van der Waals surface area contributed by atoms with Crippen molar-refractivity contribution in [2.75, 3.05) is 5.73 Å². The number of carboxylic acid groups (broad SMARTS) is 2. The summed E-state index contributed by atoms with van der Waals surface area (Å²) in [5.74, 6) is 13.2. The van der Waals surface area contributed by atoms with Crippen LogP contribution in [0.1, 0.15) is 113 Å². The van der Waals surface area contributed by atoms with Crippen LogP contribution in [-0.2, 0) is 26.8 Å². The third-order valence-electron chi connectivity index (χ3n) is 21.8. The van der Waals surface area contributed by atoms with Gasteiger partial charge in [-0.05, 0) is 240 Å². The van der Waals surface area contributed by atoms with Crippen LogP contribution in [0.2, 0.25) is 0 Å². The number of anilines is 1. The molecule has 0 radical (unpaired) electrons. The number of nitrogens with two attached hydrogens (primary N) is 1. The van der Waals surface area contributed by atoms with Gasteiger partial charge in [-0.3, -0.25) is 4.79 Å². The van der Waals surface area contributed by atoms with Crippen molar-refractivity contribution < 1.29 is 49.3 Å². The van der Waals surface area contributed by atoms with Crippen LogP contribution in [0.3, 0.4) is 0 Å². The Kier molecular flexibility index (Phi) is 53.6. The van der Waals surface area contributed by atoms with Crippen LogP contribution in [0.25, 0.3) is 0 Å². The SMILES string of the molecule is C#Cc1ccccc1.CC.CC.Cc1ccc(C(=O)Cc2ccccc2)cc1C#Cc1ccccc1.Cc1ccc(C(=O)O)cc1C#Cc1ccccc1.Cc1ccc(C(=O)O)cc1I.Nc1ccccc1.[3HH].[3HH].[3HH].[Pd].c1ccc(P(c2ccccc2)c2ccccc2)cc1.c1ccc(P(c2ccccc2)c2ccccc2)cc1.c1ccc(P(c2ccccc2)c2ccccc2)cc1.c1ccc(P(c2ccccc2)c2ccccc2)cc1. The summed E-state index contributed by atoms with van der Waals surface area (Å²) in [4.78, 5) is 33.9. The smallest absolute Gasteiger partial charge is 0.335 e. The predicted molar refractivity (Wildman–Crippen MR) is 654 cm³/mol. The van der Waals surface area contributed by atoms with E-state index in [9.17, 15) is 14.4 Å². The normalized spacial score (nSPS) is 9.74. The molecule has 0 fully saturated rings. The molecule has 0 bridgehead atoms. The minimum atomic E-state index is -0.933. The molecule has 20 aromatic carbocycles. The Balaban J connectivity index is 0.000000263. The van der Waals surface area contributed by atoms with Crippen LogP contribution in [0.5, 0.6) is 0 Å². The topological polar surface area (TPSA) is 118 Å². The maximum Gasteiger partial charge on any atom is 0.335 e. The Morgan fingerprint density at radius 2 is 0.443 bits per heavy atom. The van der Waals surface area contributed by atoms with E-state index in [4.69, 9.17) is 22.4 Å². The first-order chi connectivity index (χ1) is 72.6. The van der Waals surface area contributed by atoms with Crippen LogP contribution in [0.15, 0.2) is 570 Å². The van der Waals surface area contributed by atoms with Crippen molar-refractivity contribution in [3.63, 3.8) is 0 Å². The number of carboxylic acids is 2. The summed E-state index contributed by atoms with van der Waals surface area (Å²) in [6, 6.07) is 193. The first kappa shape index (κ1) is 117. The van der Waals surface area contributed by atoms with Gasteiger partial charge in [-0.25, -0.2) is 9.59 Å². The van der Waals surface area contributed by atoms with E-state index in [1.807, 2.05) is 224 Å². The van der Waals surface area contributed by atoms with Crippen LogP contribution < -0.4 is 69.4 Å². The van der Waals surface area contributed by atoms with Gasteiger partial charge in [0.1, 0.15) is 0 Å². The summed E-state index contributed by atoms with van der Waals surface area (Å²) in [6.45, 7) is 13.9. The van der Waals surface area contributed by atoms with Crippen molar-refractivity contribution in [2.45, 2.75) is 54.9 Å². The zero-order chi connectivity index (χ0) is 105. The second-order valence-corrected chi connectivity index (χ2v) is 42.3. The maximum atomic E-state index is 12.5. The number of para-hydroxylation sites is 1. The van der Waals surface area contributed by atoms with Crippen molar-refractivity contribution in [3.05, 3.63) is 641 Å². The van der Waals surface area contributed by atoms with Gasteiger partial charge in [0, 0.05) is 73.8 Å². The van der Waals surface area contributed by atoms with Crippen LogP contribution in [0.4, 0.5) is 5.69 Å². The summed E-state index contributed by atoms with van der Waals surface area (Å²) in [7, 11) is -1.78. The Morgan fingerprint density at radius 3 is 0.644 bits per heavy atom. The molecule has 0 heterocycles. The number of hydrogen-bond acceptors (Lipinski definition) is 4. The Labute approximate surface area is 920 Å². The van der Waals surface area contributed by atoms with Gasteiger partial charge in [0.05, 0.1) is 11.1 Å². The van der Waals surface area contributed by atoms with E-state index in [2.05, 4.69) is 416 Å². The number of aromatic carboxylic acids is 2. The molecule has 0 atom stereocenters. The predicted octanol–water partition coefficient (Wildman–Crippen LogP) is 29.7. The molecule has 12 heteroatoms. The van der Waals surface area contributed by atoms with E-state index in [1.54, 1.807) is 30.3 Å². The number of carbonyl (C=O) groups is 3. The molecule has 149 heavy (non-hydrogen) atoms. The Bertz CT molecular complexity index is 6560. The van der Waals surface area contributed by atoms with Gasteiger partial charge < -0.3 is 15.9 Å². The number of ketones is 1. The molecule has 0 saturated heterocycles. The average Bonchev–Trinajstić information content (AvgIpc) is 0.827. The van der Waals surface area contributed by atoms with Gasteiger partial charge in [0.15, 0.2) is 5.78 Å². The van der Waals surface area contributed by atoms with Crippen molar-refractivity contribution >= 4 is 141 Å². The fourth-order valence-corrected chi connectivity index (χ4v) is 24.2. The van der Waals surface area contributed by atoms with Crippen molar-refractivity contribution in [3.8, 4) is 36.0 Å². The first-order valence-electron chi connectivity index (χ1n) is 48.9. The molecule has 0 saturated carbocycles. The van der Waals surface area contributed by atoms with E-state index in [-0.39, 0.29) is 36.0 Å². The quantitative estimate of drug-likeness (QED) is 0.0209. The molecule has 0 unspecified atom stereocenters. The fourth-order valence-electron chi connectivity index (χ4n) is 14.5. The molecule has 6 nitrogen and oxygen atoms in total. The van der Waals surface area contributed by atoms with Crippen molar-refractivity contribution in [2.24, 2.45) is 0 Å². The van der Waals surface area contributed by atoms with E-state index in [0.29, 0.717) is 17.5 Å². The maximum absolute atomic E-state index is 12.5. The molecule has 0 aliphatic carbocycles. The number of carbonyl (C=O) groups excluding carboxylic acids is 1. The number of halogens is 1. The number of hydrogen-bond donors (Lipinski definition) is 3. The second kappa shape index (κ2) is 68.1. The average molecular weight is 2230 g/mol. The summed E-state index contributed by atoms with van der Waals surface area (Å²) in [5, 5.41) is 34.3. The van der Waals surface area contributed by atoms with Crippen molar-refractivity contribution in [1.82, 2.24) is 0 Å².